The molecule has 1 amide bonds. The zero-order valence-electron chi connectivity index (χ0n) is 22.1. The fourth-order valence-corrected chi connectivity index (χ4v) is 5.39. The number of benzene rings is 2. The molecule has 3 aromatic rings. The first-order valence-electron chi connectivity index (χ1n) is 12.7. The highest BCUT2D eigenvalue weighted by Gasteiger charge is 2.41. The minimum atomic E-state index is -0.469. The number of ketones is 1. The number of dihydropyridines is 1. The number of pyridine rings is 1. The van der Waals surface area contributed by atoms with Crippen LogP contribution in [-0.2, 0) is 9.59 Å². The Bertz CT molecular complexity index is 1410. The minimum absolute atomic E-state index is 0.0509. The number of carbonyl (C=O) groups is 2. The van der Waals surface area contributed by atoms with Gasteiger partial charge in [0, 0.05) is 60.9 Å². The van der Waals surface area contributed by atoms with E-state index in [1.54, 1.807) is 31.6 Å². The molecule has 0 saturated heterocycles. The van der Waals surface area contributed by atoms with E-state index in [-0.39, 0.29) is 17.6 Å². The molecule has 1 aliphatic carbocycles. The van der Waals surface area contributed by atoms with Gasteiger partial charge in [-0.15, -0.1) is 0 Å². The molecule has 1 aliphatic heterocycles. The van der Waals surface area contributed by atoms with Gasteiger partial charge in [0.25, 0.3) is 5.91 Å². The molecule has 7 nitrogen and oxygen atoms in total. The van der Waals surface area contributed by atoms with Gasteiger partial charge in [0.1, 0.15) is 5.75 Å². The lowest BCUT2D eigenvalue weighted by Gasteiger charge is -2.37. The van der Waals surface area contributed by atoms with Crippen LogP contribution in [-0.4, -0.2) is 37.9 Å². The van der Waals surface area contributed by atoms with E-state index in [0.29, 0.717) is 29.7 Å². The number of hydrogen-bond acceptors (Lipinski definition) is 6. The van der Waals surface area contributed by atoms with Gasteiger partial charge in [-0.1, -0.05) is 24.3 Å². The third-order valence-electron chi connectivity index (χ3n) is 7.32. The summed E-state index contributed by atoms with van der Waals surface area (Å²) in [5, 5.41) is 6.42. The molecule has 2 aliphatic rings. The quantitative estimate of drug-likeness (QED) is 0.479. The van der Waals surface area contributed by atoms with Crippen molar-refractivity contribution >= 4 is 23.1 Å². The van der Waals surface area contributed by atoms with Crippen molar-refractivity contribution in [3.63, 3.8) is 0 Å². The van der Waals surface area contributed by atoms with Crippen LogP contribution in [0, 0.1) is 0 Å². The molecule has 2 atom stereocenters. The number of nitrogens with zero attached hydrogens (tertiary/aromatic N) is 2. The van der Waals surface area contributed by atoms with Gasteiger partial charge in [-0.05, 0) is 66.8 Å². The number of Topliss-reactive ketones (excluding diaryl/α,β-unsaturated/α-hetero) is 1. The number of aromatic nitrogens is 1. The second kappa shape index (κ2) is 10.5. The Kier molecular flexibility index (Phi) is 7.01. The molecule has 0 saturated carbocycles. The summed E-state index contributed by atoms with van der Waals surface area (Å²) in [6.45, 7) is 1.91. The predicted molar refractivity (Wildman–Crippen MR) is 149 cm³/mol. The third kappa shape index (κ3) is 4.92. The maximum Gasteiger partial charge on any atom is 0.254 e. The van der Waals surface area contributed by atoms with Crippen molar-refractivity contribution in [2.45, 2.75) is 31.6 Å². The van der Waals surface area contributed by atoms with Gasteiger partial charge in [-0.2, -0.15) is 0 Å². The Hall–Kier alpha value is -4.39. The van der Waals surface area contributed by atoms with Crippen LogP contribution in [0.2, 0.25) is 0 Å². The summed E-state index contributed by atoms with van der Waals surface area (Å²) >= 11 is 0. The van der Waals surface area contributed by atoms with Crippen LogP contribution in [0.4, 0.5) is 11.4 Å². The number of methoxy groups -OCH3 is 1. The molecule has 0 radical (unpaired) electrons. The van der Waals surface area contributed by atoms with Crippen LogP contribution in [0.15, 0.2) is 95.6 Å². The summed E-state index contributed by atoms with van der Waals surface area (Å²) in [7, 11) is 5.62. The highest BCUT2D eigenvalue weighted by atomic mass is 16.5. The second-order valence-electron chi connectivity index (χ2n) is 9.97. The fourth-order valence-electron chi connectivity index (χ4n) is 5.39. The first kappa shape index (κ1) is 25.3. The Labute approximate surface area is 223 Å². The Morgan fingerprint density at radius 3 is 2.37 bits per heavy atom. The summed E-state index contributed by atoms with van der Waals surface area (Å²) in [5.74, 6) is 0.177. The molecule has 1 aromatic heterocycles. The van der Waals surface area contributed by atoms with E-state index < -0.39 is 5.92 Å². The Morgan fingerprint density at radius 1 is 1.03 bits per heavy atom. The molecule has 7 heteroatoms. The van der Waals surface area contributed by atoms with Crippen LogP contribution < -0.4 is 20.3 Å². The van der Waals surface area contributed by atoms with Crippen molar-refractivity contribution in [1.82, 2.24) is 10.3 Å². The van der Waals surface area contributed by atoms with E-state index >= 15 is 0 Å². The Balaban J connectivity index is 1.54. The summed E-state index contributed by atoms with van der Waals surface area (Å²) in [6, 6.07) is 19.6. The smallest absolute Gasteiger partial charge is 0.254 e. The summed E-state index contributed by atoms with van der Waals surface area (Å²) in [5.41, 5.74) is 6.52. The van der Waals surface area contributed by atoms with Crippen LogP contribution in [0.5, 0.6) is 5.75 Å². The van der Waals surface area contributed by atoms with Crippen LogP contribution >= 0.6 is 0 Å². The topological polar surface area (TPSA) is 83.6 Å². The molecule has 0 spiro atoms. The first-order chi connectivity index (χ1) is 18.4. The first-order valence-corrected chi connectivity index (χ1v) is 12.7. The van der Waals surface area contributed by atoms with Gasteiger partial charge in [-0.3, -0.25) is 14.6 Å². The van der Waals surface area contributed by atoms with Gasteiger partial charge in [0.2, 0.25) is 0 Å². The SMILES string of the molecule is COc1ccc(C2CC(=O)C3=C(C2)NC(C)=C(C(=O)Nc2cccnc2)C3c2ccc(N(C)C)cc2)cc1. The van der Waals surface area contributed by atoms with Crippen molar-refractivity contribution in [3.8, 4) is 5.75 Å². The zero-order chi connectivity index (χ0) is 26.8. The van der Waals surface area contributed by atoms with Crippen molar-refractivity contribution in [1.29, 1.82) is 0 Å². The molecule has 0 bridgehead atoms. The van der Waals surface area contributed by atoms with Crippen molar-refractivity contribution in [3.05, 3.63) is 107 Å². The largest absolute Gasteiger partial charge is 0.497 e. The van der Waals surface area contributed by atoms with Crippen molar-refractivity contribution in [2.75, 3.05) is 31.4 Å². The molecule has 5 rings (SSSR count). The Morgan fingerprint density at radius 2 is 1.74 bits per heavy atom. The maximum absolute atomic E-state index is 13.8. The van der Waals surface area contributed by atoms with E-state index in [4.69, 9.17) is 4.74 Å². The molecule has 38 heavy (non-hydrogen) atoms. The van der Waals surface area contributed by atoms with Crippen LogP contribution in [0.1, 0.15) is 42.7 Å². The van der Waals surface area contributed by atoms with E-state index in [1.165, 1.54) is 0 Å². The summed E-state index contributed by atoms with van der Waals surface area (Å²) in [4.78, 5) is 33.6. The molecule has 2 N–H and O–H groups in total. The van der Waals surface area contributed by atoms with E-state index in [0.717, 1.165) is 34.0 Å². The lowest BCUT2D eigenvalue weighted by Crippen LogP contribution is -2.37. The average molecular weight is 509 g/mol. The van der Waals surface area contributed by atoms with Crippen molar-refractivity contribution < 1.29 is 14.3 Å². The van der Waals surface area contributed by atoms with E-state index in [1.807, 2.05) is 74.4 Å². The number of amides is 1. The highest BCUT2D eigenvalue weighted by molar-refractivity contribution is 6.10. The average Bonchev–Trinajstić information content (AvgIpc) is 2.92. The molecule has 2 heterocycles. The van der Waals surface area contributed by atoms with Gasteiger partial charge >= 0.3 is 0 Å². The maximum atomic E-state index is 13.8. The summed E-state index contributed by atoms with van der Waals surface area (Å²) in [6.07, 6.45) is 4.35. The predicted octanol–water partition coefficient (Wildman–Crippen LogP) is 5.16. The lowest BCUT2D eigenvalue weighted by molar-refractivity contribution is -0.116. The number of nitrogens with one attached hydrogen (secondary N) is 2. The number of carbonyl (C=O) groups excluding carboxylic acids is 2. The molecule has 0 fully saturated rings. The molecule has 2 unspecified atom stereocenters. The number of ether oxygens (including phenoxy) is 1. The minimum Gasteiger partial charge on any atom is -0.497 e. The molecular weight excluding hydrogens is 476 g/mol. The highest BCUT2D eigenvalue weighted by Crippen LogP contribution is 2.46. The molecule has 194 valence electrons. The number of hydrogen-bond donors (Lipinski definition) is 2. The molecular formula is C31H32N4O3. The number of allylic oxidation sites excluding steroid dienone is 3. The third-order valence-corrected chi connectivity index (χ3v) is 7.32. The number of rotatable bonds is 6. The summed E-state index contributed by atoms with van der Waals surface area (Å²) < 4.78 is 5.30. The zero-order valence-corrected chi connectivity index (χ0v) is 22.1. The lowest BCUT2D eigenvalue weighted by atomic mass is 9.71. The number of anilines is 2. The monoisotopic (exact) mass is 508 g/mol. The normalized spacial score (nSPS) is 19.0. The van der Waals surface area contributed by atoms with Gasteiger partial charge in [0.15, 0.2) is 5.78 Å². The van der Waals surface area contributed by atoms with Gasteiger partial charge in [0.05, 0.1) is 19.0 Å². The fraction of sp³-hybridized carbons (Fsp3) is 0.258. The van der Waals surface area contributed by atoms with Gasteiger partial charge in [-0.25, -0.2) is 0 Å². The van der Waals surface area contributed by atoms with E-state index in [2.05, 4.69) is 15.6 Å². The van der Waals surface area contributed by atoms with Gasteiger partial charge < -0.3 is 20.3 Å². The van der Waals surface area contributed by atoms with Crippen LogP contribution in [0.3, 0.4) is 0 Å². The second-order valence-corrected chi connectivity index (χ2v) is 9.97. The van der Waals surface area contributed by atoms with E-state index in [9.17, 15) is 9.59 Å². The molecule has 2 aromatic carbocycles. The van der Waals surface area contributed by atoms with Crippen LogP contribution in [0.25, 0.3) is 0 Å². The standard InChI is InChI=1S/C31H32N4O3/c1-19-28(31(37)34-23-6-5-15-32-18-23)29(21-7-11-24(12-8-21)35(2)3)30-26(33-19)16-22(17-27(30)36)20-9-13-25(38-4)14-10-20/h5-15,18,22,29,33H,16-17H2,1-4H3,(H,34,37). The van der Waals surface area contributed by atoms with Crippen molar-refractivity contribution in [2.24, 2.45) is 0 Å².